The number of hydrogen-bond donors (Lipinski definition) is 1. The minimum Gasteiger partial charge on any atom is -0.491 e. The second-order valence-corrected chi connectivity index (χ2v) is 6.82. The maximum absolute atomic E-state index is 11.9. The Morgan fingerprint density at radius 2 is 1.92 bits per heavy atom. The lowest BCUT2D eigenvalue weighted by Crippen LogP contribution is -2.30. The van der Waals surface area contributed by atoms with Gasteiger partial charge in [0.2, 0.25) is 0 Å². The monoisotopic (exact) mass is 365 g/mol. The SMILES string of the molecule is CC(C)COCCCNC(=O)COC(=O)Cc1cccc(OC(C)C)c1. The molecule has 26 heavy (non-hydrogen) atoms. The molecule has 1 aromatic rings. The zero-order valence-electron chi connectivity index (χ0n) is 16.2. The molecule has 0 unspecified atom stereocenters. The Morgan fingerprint density at radius 1 is 1.15 bits per heavy atom. The van der Waals surface area contributed by atoms with E-state index in [1.165, 1.54) is 0 Å². The first-order chi connectivity index (χ1) is 12.4. The van der Waals surface area contributed by atoms with Gasteiger partial charge in [-0.15, -0.1) is 0 Å². The van der Waals surface area contributed by atoms with E-state index in [1.54, 1.807) is 6.07 Å². The smallest absolute Gasteiger partial charge is 0.310 e. The summed E-state index contributed by atoms with van der Waals surface area (Å²) in [6.45, 7) is 9.61. The summed E-state index contributed by atoms with van der Waals surface area (Å²) in [5.41, 5.74) is 0.788. The molecule has 0 radical (unpaired) electrons. The number of carbonyl (C=O) groups excluding carboxylic acids is 2. The van der Waals surface area contributed by atoms with Crippen molar-refractivity contribution in [2.75, 3.05) is 26.4 Å². The lowest BCUT2D eigenvalue weighted by Gasteiger charge is -2.11. The highest BCUT2D eigenvalue weighted by Gasteiger charge is 2.09. The number of hydrogen-bond acceptors (Lipinski definition) is 5. The molecule has 0 heterocycles. The van der Waals surface area contributed by atoms with Gasteiger partial charge in [0.05, 0.1) is 12.5 Å². The van der Waals surface area contributed by atoms with Crippen molar-refractivity contribution in [1.29, 1.82) is 0 Å². The van der Waals surface area contributed by atoms with Crippen LogP contribution in [0.3, 0.4) is 0 Å². The average Bonchev–Trinajstić information content (AvgIpc) is 2.55. The van der Waals surface area contributed by atoms with E-state index < -0.39 is 5.97 Å². The Balaban J connectivity index is 2.20. The van der Waals surface area contributed by atoms with E-state index >= 15 is 0 Å². The van der Waals surface area contributed by atoms with Crippen LogP contribution in [0.2, 0.25) is 0 Å². The first kappa shape index (κ1) is 22.0. The molecule has 0 bridgehead atoms. The molecule has 1 rings (SSSR count). The van der Waals surface area contributed by atoms with Gasteiger partial charge in [-0.1, -0.05) is 26.0 Å². The third kappa shape index (κ3) is 10.7. The summed E-state index contributed by atoms with van der Waals surface area (Å²) >= 11 is 0. The summed E-state index contributed by atoms with van der Waals surface area (Å²) in [6, 6.07) is 7.30. The molecule has 1 amide bonds. The molecule has 0 aliphatic carbocycles. The predicted molar refractivity (Wildman–Crippen MR) is 100 cm³/mol. The molecule has 1 N–H and O–H groups in total. The van der Waals surface area contributed by atoms with Gasteiger partial charge in [0.1, 0.15) is 5.75 Å². The van der Waals surface area contributed by atoms with Crippen molar-refractivity contribution < 1.29 is 23.8 Å². The molecular formula is C20H31NO5. The van der Waals surface area contributed by atoms with Gasteiger partial charge in [0.15, 0.2) is 6.61 Å². The number of ether oxygens (including phenoxy) is 3. The molecule has 146 valence electrons. The van der Waals surface area contributed by atoms with Crippen molar-refractivity contribution in [3.63, 3.8) is 0 Å². The Labute approximate surface area is 156 Å². The maximum atomic E-state index is 11.9. The number of carbonyl (C=O) groups is 2. The van der Waals surface area contributed by atoms with Gasteiger partial charge in [-0.2, -0.15) is 0 Å². The van der Waals surface area contributed by atoms with E-state index in [1.807, 2.05) is 32.0 Å². The van der Waals surface area contributed by atoms with Crippen molar-refractivity contribution in [2.24, 2.45) is 5.92 Å². The summed E-state index contributed by atoms with van der Waals surface area (Å²) in [5, 5.41) is 2.70. The van der Waals surface area contributed by atoms with Crippen LogP contribution < -0.4 is 10.1 Å². The summed E-state index contributed by atoms with van der Waals surface area (Å²) in [4.78, 5) is 23.5. The van der Waals surface area contributed by atoms with Crippen LogP contribution in [0.5, 0.6) is 5.75 Å². The first-order valence-corrected chi connectivity index (χ1v) is 9.12. The molecule has 0 spiro atoms. The molecule has 0 aromatic heterocycles. The van der Waals surface area contributed by atoms with Crippen LogP contribution in [0.25, 0.3) is 0 Å². The van der Waals surface area contributed by atoms with E-state index in [2.05, 4.69) is 19.2 Å². The maximum Gasteiger partial charge on any atom is 0.310 e. The van der Waals surface area contributed by atoms with Gasteiger partial charge in [-0.05, 0) is 43.9 Å². The highest BCUT2D eigenvalue weighted by Crippen LogP contribution is 2.15. The van der Waals surface area contributed by atoms with Crippen LogP contribution in [0.4, 0.5) is 0 Å². The largest absolute Gasteiger partial charge is 0.491 e. The van der Waals surface area contributed by atoms with Crippen LogP contribution in [0.15, 0.2) is 24.3 Å². The Hall–Kier alpha value is -2.08. The standard InChI is InChI=1S/C20H31NO5/c1-15(2)13-24-10-6-9-21-19(22)14-25-20(23)12-17-7-5-8-18(11-17)26-16(3)4/h5,7-8,11,15-16H,6,9-10,12-14H2,1-4H3,(H,21,22). The van der Waals surface area contributed by atoms with Crippen molar-refractivity contribution >= 4 is 11.9 Å². The highest BCUT2D eigenvalue weighted by atomic mass is 16.5. The summed E-state index contributed by atoms with van der Waals surface area (Å²) in [5.74, 6) is 0.463. The lowest BCUT2D eigenvalue weighted by molar-refractivity contribution is -0.147. The van der Waals surface area contributed by atoms with E-state index in [0.717, 1.165) is 18.6 Å². The lowest BCUT2D eigenvalue weighted by atomic mass is 10.1. The number of benzene rings is 1. The zero-order valence-corrected chi connectivity index (χ0v) is 16.2. The van der Waals surface area contributed by atoms with E-state index in [-0.39, 0.29) is 25.0 Å². The third-order valence-electron chi connectivity index (χ3n) is 3.22. The summed E-state index contributed by atoms with van der Waals surface area (Å²) < 4.78 is 16.0. The summed E-state index contributed by atoms with van der Waals surface area (Å²) in [6.07, 6.45) is 0.900. The minimum atomic E-state index is -0.442. The van der Waals surface area contributed by atoms with Crippen molar-refractivity contribution in [2.45, 2.75) is 46.6 Å². The zero-order chi connectivity index (χ0) is 19.4. The van der Waals surface area contributed by atoms with Gasteiger partial charge in [-0.3, -0.25) is 9.59 Å². The van der Waals surface area contributed by atoms with Crippen LogP contribution in [0, 0.1) is 5.92 Å². The van der Waals surface area contributed by atoms with E-state index in [4.69, 9.17) is 14.2 Å². The van der Waals surface area contributed by atoms with Crippen molar-refractivity contribution in [3.05, 3.63) is 29.8 Å². The number of nitrogens with one attached hydrogen (secondary N) is 1. The van der Waals surface area contributed by atoms with Gasteiger partial charge in [0.25, 0.3) is 5.91 Å². The molecule has 0 saturated heterocycles. The quantitative estimate of drug-likeness (QED) is 0.455. The Bertz CT molecular complexity index is 557. The molecule has 0 atom stereocenters. The van der Waals surface area contributed by atoms with Crippen molar-refractivity contribution in [1.82, 2.24) is 5.32 Å². The van der Waals surface area contributed by atoms with Gasteiger partial charge >= 0.3 is 5.97 Å². The van der Waals surface area contributed by atoms with E-state index in [9.17, 15) is 9.59 Å². The van der Waals surface area contributed by atoms with Gasteiger partial charge in [0, 0.05) is 19.8 Å². The third-order valence-corrected chi connectivity index (χ3v) is 3.22. The van der Waals surface area contributed by atoms with Gasteiger partial charge < -0.3 is 19.5 Å². The molecule has 6 nitrogen and oxygen atoms in total. The molecule has 0 aliphatic rings. The molecule has 6 heteroatoms. The molecular weight excluding hydrogens is 334 g/mol. The van der Waals surface area contributed by atoms with Crippen LogP contribution in [0.1, 0.15) is 39.7 Å². The molecule has 0 aliphatic heterocycles. The minimum absolute atomic E-state index is 0.0664. The van der Waals surface area contributed by atoms with Crippen LogP contribution in [-0.4, -0.2) is 44.3 Å². The van der Waals surface area contributed by atoms with Gasteiger partial charge in [-0.25, -0.2) is 0 Å². The number of rotatable bonds is 12. The Morgan fingerprint density at radius 3 is 2.62 bits per heavy atom. The fourth-order valence-electron chi connectivity index (χ4n) is 2.14. The van der Waals surface area contributed by atoms with Crippen molar-refractivity contribution in [3.8, 4) is 5.75 Å². The van der Waals surface area contributed by atoms with E-state index in [0.29, 0.717) is 24.8 Å². The average molecular weight is 365 g/mol. The highest BCUT2D eigenvalue weighted by molar-refractivity contribution is 5.81. The summed E-state index contributed by atoms with van der Waals surface area (Å²) in [7, 11) is 0. The number of esters is 1. The second-order valence-electron chi connectivity index (χ2n) is 6.82. The number of amides is 1. The molecule has 1 aromatic carbocycles. The molecule has 0 fully saturated rings. The topological polar surface area (TPSA) is 73.9 Å². The Kier molecular flexibility index (Phi) is 10.4. The fraction of sp³-hybridized carbons (Fsp3) is 0.600. The normalized spacial score (nSPS) is 10.8. The second kappa shape index (κ2) is 12.3. The first-order valence-electron chi connectivity index (χ1n) is 9.12. The fourth-order valence-corrected chi connectivity index (χ4v) is 2.14. The molecule has 0 saturated carbocycles. The van der Waals surface area contributed by atoms with Crippen LogP contribution in [-0.2, 0) is 25.5 Å². The van der Waals surface area contributed by atoms with Crippen LogP contribution >= 0.6 is 0 Å². The predicted octanol–water partition coefficient (Wildman–Crippen LogP) is 2.74.